The molecule has 0 bridgehead atoms. The average molecular weight is 359 g/mol. The van der Waals surface area contributed by atoms with Crippen LogP contribution in [0, 0.1) is 5.92 Å². The van der Waals surface area contributed by atoms with E-state index in [1.54, 1.807) is 0 Å². The predicted octanol–water partition coefficient (Wildman–Crippen LogP) is 4.17. The highest BCUT2D eigenvalue weighted by Crippen LogP contribution is 2.19. The number of halogens is 1. The van der Waals surface area contributed by atoms with Gasteiger partial charge in [-0.3, -0.25) is 4.79 Å². The van der Waals surface area contributed by atoms with E-state index < -0.39 is 0 Å². The Morgan fingerprint density at radius 3 is 2.28 bits per heavy atom. The van der Waals surface area contributed by atoms with Crippen molar-refractivity contribution in [3.8, 4) is 11.1 Å². The largest absolute Gasteiger partial charge is 0.352 e. The Balaban J connectivity index is 0.00000225. The summed E-state index contributed by atoms with van der Waals surface area (Å²) in [6.45, 7) is 2.81. The fourth-order valence-electron chi connectivity index (χ4n) is 3.24. The zero-order chi connectivity index (χ0) is 16.6. The van der Waals surface area contributed by atoms with E-state index in [0.29, 0.717) is 18.9 Å². The van der Waals surface area contributed by atoms with Gasteiger partial charge in [0.05, 0.1) is 0 Å². The van der Waals surface area contributed by atoms with Gasteiger partial charge in [0.1, 0.15) is 0 Å². The maximum Gasteiger partial charge on any atom is 0.220 e. The van der Waals surface area contributed by atoms with E-state index in [2.05, 4.69) is 47.0 Å². The van der Waals surface area contributed by atoms with Crippen molar-refractivity contribution >= 4 is 18.3 Å². The quantitative estimate of drug-likeness (QED) is 0.813. The number of nitrogens with one attached hydrogen (secondary N) is 2. The van der Waals surface area contributed by atoms with Gasteiger partial charge in [0.25, 0.3) is 0 Å². The summed E-state index contributed by atoms with van der Waals surface area (Å²) in [7, 11) is 0. The van der Waals surface area contributed by atoms with Gasteiger partial charge < -0.3 is 10.6 Å². The second kappa shape index (κ2) is 10.2. The zero-order valence-corrected chi connectivity index (χ0v) is 15.4. The van der Waals surface area contributed by atoms with Crippen molar-refractivity contribution in [3.05, 3.63) is 60.2 Å². The molecule has 0 radical (unpaired) electrons. The van der Waals surface area contributed by atoms with E-state index in [-0.39, 0.29) is 18.3 Å². The van der Waals surface area contributed by atoms with Crippen molar-refractivity contribution in [3.63, 3.8) is 0 Å². The number of benzene rings is 2. The molecule has 0 aromatic heterocycles. The molecule has 0 atom stereocenters. The molecule has 1 aliphatic heterocycles. The van der Waals surface area contributed by atoms with Crippen LogP contribution in [-0.2, 0) is 11.3 Å². The first kappa shape index (κ1) is 19.5. The van der Waals surface area contributed by atoms with Crippen LogP contribution >= 0.6 is 12.4 Å². The predicted molar refractivity (Wildman–Crippen MR) is 106 cm³/mol. The molecule has 1 saturated heterocycles. The van der Waals surface area contributed by atoms with Crippen molar-refractivity contribution in [2.45, 2.75) is 32.2 Å². The monoisotopic (exact) mass is 358 g/mol. The molecule has 3 nitrogen and oxygen atoms in total. The molecule has 0 spiro atoms. The molecule has 2 N–H and O–H groups in total. The molecule has 1 fully saturated rings. The minimum Gasteiger partial charge on any atom is -0.352 e. The summed E-state index contributed by atoms with van der Waals surface area (Å²) in [6, 6.07) is 18.8. The topological polar surface area (TPSA) is 41.1 Å². The molecule has 1 aliphatic rings. The third kappa shape index (κ3) is 6.18. The minimum absolute atomic E-state index is 0. The van der Waals surface area contributed by atoms with Gasteiger partial charge in [-0.1, -0.05) is 54.6 Å². The van der Waals surface area contributed by atoms with Crippen molar-refractivity contribution in [2.75, 3.05) is 13.1 Å². The third-order valence-electron chi connectivity index (χ3n) is 4.79. The number of hydrogen-bond acceptors (Lipinski definition) is 2. The first-order valence-electron chi connectivity index (χ1n) is 8.93. The zero-order valence-electron chi connectivity index (χ0n) is 14.5. The lowest BCUT2D eigenvalue weighted by Gasteiger charge is -2.22. The first-order chi connectivity index (χ1) is 11.8. The fourth-order valence-corrected chi connectivity index (χ4v) is 3.24. The van der Waals surface area contributed by atoms with Crippen molar-refractivity contribution < 1.29 is 4.79 Å². The van der Waals surface area contributed by atoms with E-state index in [1.807, 2.05) is 18.2 Å². The molecular weight excluding hydrogens is 332 g/mol. The van der Waals surface area contributed by atoms with Gasteiger partial charge in [-0.25, -0.2) is 0 Å². The lowest BCUT2D eigenvalue weighted by atomic mass is 9.93. The molecule has 1 heterocycles. The molecule has 0 saturated carbocycles. The van der Waals surface area contributed by atoms with Gasteiger partial charge in [0, 0.05) is 13.0 Å². The van der Waals surface area contributed by atoms with Crippen LogP contribution in [0.2, 0.25) is 0 Å². The fraction of sp³-hybridized carbons (Fsp3) is 0.381. The SMILES string of the molecule is Cl.O=C(CCC1CCNCC1)NCc1ccc(-c2ccccc2)cc1. The van der Waals surface area contributed by atoms with E-state index in [9.17, 15) is 4.79 Å². The summed E-state index contributed by atoms with van der Waals surface area (Å²) in [5.74, 6) is 0.878. The third-order valence-corrected chi connectivity index (χ3v) is 4.79. The normalized spacial score (nSPS) is 14.6. The summed E-state index contributed by atoms with van der Waals surface area (Å²) in [5, 5.41) is 6.41. The standard InChI is InChI=1S/C21H26N2O.ClH/c24-21(11-8-17-12-14-22-15-13-17)23-16-18-6-9-20(10-7-18)19-4-2-1-3-5-19;/h1-7,9-10,17,22H,8,11-16H2,(H,23,24);1H. The molecule has 134 valence electrons. The van der Waals surface area contributed by atoms with Crippen molar-refractivity contribution in [2.24, 2.45) is 5.92 Å². The molecular formula is C21H27ClN2O. The van der Waals surface area contributed by atoms with Gasteiger partial charge >= 0.3 is 0 Å². The van der Waals surface area contributed by atoms with E-state index in [0.717, 1.165) is 25.1 Å². The van der Waals surface area contributed by atoms with Gasteiger partial charge in [0.15, 0.2) is 0 Å². The summed E-state index contributed by atoms with van der Waals surface area (Å²) in [5.41, 5.74) is 3.57. The first-order valence-corrected chi connectivity index (χ1v) is 8.93. The van der Waals surface area contributed by atoms with Crippen LogP contribution in [0.3, 0.4) is 0 Å². The molecule has 4 heteroatoms. The number of carbonyl (C=O) groups excluding carboxylic acids is 1. The van der Waals surface area contributed by atoms with Crippen LogP contribution in [0.15, 0.2) is 54.6 Å². The highest BCUT2D eigenvalue weighted by atomic mass is 35.5. The number of piperidine rings is 1. The van der Waals surface area contributed by atoms with Crippen molar-refractivity contribution in [1.29, 1.82) is 0 Å². The number of rotatable bonds is 6. The molecule has 1 amide bonds. The van der Waals surface area contributed by atoms with Crippen LogP contribution < -0.4 is 10.6 Å². The summed E-state index contributed by atoms with van der Waals surface area (Å²) >= 11 is 0. The number of carbonyl (C=O) groups is 1. The van der Waals surface area contributed by atoms with Gasteiger partial charge in [-0.05, 0) is 55.0 Å². The second-order valence-electron chi connectivity index (χ2n) is 6.57. The molecule has 2 aromatic rings. The Bertz CT molecular complexity index is 637. The Morgan fingerprint density at radius 2 is 1.60 bits per heavy atom. The maximum atomic E-state index is 12.0. The van der Waals surface area contributed by atoms with Crippen LogP contribution in [0.25, 0.3) is 11.1 Å². The lowest BCUT2D eigenvalue weighted by molar-refractivity contribution is -0.121. The number of amides is 1. The molecule has 25 heavy (non-hydrogen) atoms. The van der Waals surface area contributed by atoms with E-state index in [4.69, 9.17) is 0 Å². The highest BCUT2D eigenvalue weighted by molar-refractivity contribution is 5.85. The van der Waals surface area contributed by atoms with Gasteiger partial charge in [-0.2, -0.15) is 0 Å². The van der Waals surface area contributed by atoms with E-state index >= 15 is 0 Å². The molecule has 0 aliphatic carbocycles. The van der Waals surface area contributed by atoms with Crippen LogP contribution in [0.4, 0.5) is 0 Å². The molecule has 3 rings (SSSR count). The Hall–Kier alpha value is -1.84. The smallest absolute Gasteiger partial charge is 0.220 e. The highest BCUT2D eigenvalue weighted by Gasteiger charge is 2.14. The van der Waals surface area contributed by atoms with Gasteiger partial charge in [-0.15, -0.1) is 12.4 Å². The summed E-state index contributed by atoms with van der Waals surface area (Å²) < 4.78 is 0. The summed E-state index contributed by atoms with van der Waals surface area (Å²) in [4.78, 5) is 12.0. The molecule has 0 unspecified atom stereocenters. The van der Waals surface area contributed by atoms with Crippen LogP contribution in [-0.4, -0.2) is 19.0 Å². The van der Waals surface area contributed by atoms with Crippen molar-refractivity contribution in [1.82, 2.24) is 10.6 Å². The molecule has 2 aromatic carbocycles. The Morgan fingerprint density at radius 1 is 0.960 bits per heavy atom. The minimum atomic E-state index is 0. The Kier molecular flexibility index (Phi) is 7.96. The average Bonchev–Trinajstić information content (AvgIpc) is 2.67. The van der Waals surface area contributed by atoms with Crippen LogP contribution in [0.1, 0.15) is 31.2 Å². The number of hydrogen-bond donors (Lipinski definition) is 2. The van der Waals surface area contributed by atoms with Crippen LogP contribution in [0.5, 0.6) is 0 Å². The maximum absolute atomic E-state index is 12.0. The Labute approximate surface area is 156 Å². The van der Waals surface area contributed by atoms with E-state index in [1.165, 1.54) is 24.0 Å². The summed E-state index contributed by atoms with van der Waals surface area (Å²) in [6.07, 6.45) is 4.07. The lowest BCUT2D eigenvalue weighted by Crippen LogP contribution is -2.29. The second-order valence-corrected chi connectivity index (χ2v) is 6.57. The van der Waals surface area contributed by atoms with Gasteiger partial charge in [0.2, 0.25) is 5.91 Å².